The molecule has 21 heavy (non-hydrogen) atoms. The summed E-state index contributed by atoms with van der Waals surface area (Å²) in [6, 6.07) is 1.23. The van der Waals surface area contributed by atoms with Crippen LogP contribution in [-0.4, -0.2) is 69.0 Å². The third-order valence-electron chi connectivity index (χ3n) is 3.57. The molecule has 0 spiro atoms. The van der Waals surface area contributed by atoms with E-state index in [2.05, 4.69) is 9.88 Å². The van der Waals surface area contributed by atoms with Gasteiger partial charge in [0.2, 0.25) is 15.5 Å². The van der Waals surface area contributed by atoms with Crippen molar-refractivity contribution in [3.63, 3.8) is 0 Å². The van der Waals surface area contributed by atoms with Crippen molar-refractivity contribution < 1.29 is 13.2 Å². The maximum atomic E-state index is 12.5. The summed E-state index contributed by atoms with van der Waals surface area (Å²) in [5.74, 6) is 0. The van der Waals surface area contributed by atoms with E-state index in [1.807, 2.05) is 0 Å². The molecule has 0 unspecified atom stereocenters. The van der Waals surface area contributed by atoms with Gasteiger partial charge in [0.05, 0.1) is 6.61 Å². The van der Waals surface area contributed by atoms with E-state index in [1.165, 1.54) is 22.8 Å². The summed E-state index contributed by atoms with van der Waals surface area (Å²) >= 11 is 0. The van der Waals surface area contributed by atoms with Crippen molar-refractivity contribution in [2.45, 2.75) is 11.3 Å². The zero-order chi connectivity index (χ0) is 15.3. The summed E-state index contributed by atoms with van der Waals surface area (Å²) in [5.41, 5.74) is -0.478. The second kappa shape index (κ2) is 7.17. The Balaban J connectivity index is 2.11. The Morgan fingerprint density at radius 3 is 2.81 bits per heavy atom. The van der Waals surface area contributed by atoms with Gasteiger partial charge in [-0.1, -0.05) is 0 Å². The number of rotatable bonds is 5. The first-order valence-electron chi connectivity index (χ1n) is 6.94. The Labute approximate surface area is 124 Å². The summed E-state index contributed by atoms with van der Waals surface area (Å²) < 4.78 is 31.5. The number of nitrogens with zero attached hydrogens (tertiary/aromatic N) is 2. The van der Waals surface area contributed by atoms with Crippen LogP contribution in [0.4, 0.5) is 0 Å². The van der Waals surface area contributed by atoms with Crippen LogP contribution < -0.4 is 5.43 Å². The molecule has 8 heteroatoms. The fourth-order valence-electron chi connectivity index (χ4n) is 2.37. The van der Waals surface area contributed by atoms with E-state index in [-0.39, 0.29) is 4.90 Å². The Morgan fingerprint density at radius 2 is 2.10 bits per heavy atom. The lowest BCUT2D eigenvalue weighted by atomic mass is 10.4. The molecule has 0 aromatic carbocycles. The lowest BCUT2D eigenvalue weighted by Crippen LogP contribution is -2.37. The molecular formula is C13H21N3O4S. The normalized spacial score (nSPS) is 18.5. The minimum absolute atomic E-state index is 0.185. The highest BCUT2D eigenvalue weighted by molar-refractivity contribution is 7.89. The lowest BCUT2D eigenvalue weighted by molar-refractivity contribution is 0.151. The largest absolute Gasteiger partial charge is 0.383 e. The summed E-state index contributed by atoms with van der Waals surface area (Å²) in [4.78, 5) is 16.4. The number of pyridine rings is 1. The van der Waals surface area contributed by atoms with Gasteiger partial charge in [0, 0.05) is 51.7 Å². The molecule has 7 nitrogen and oxygen atoms in total. The number of ether oxygens (including phenoxy) is 1. The number of aromatic nitrogens is 1. The second-order valence-corrected chi connectivity index (χ2v) is 6.87. The van der Waals surface area contributed by atoms with Crippen molar-refractivity contribution in [2.75, 3.05) is 46.4 Å². The zero-order valence-corrected chi connectivity index (χ0v) is 12.9. The predicted molar refractivity (Wildman–Crippen MR) is 78.8 cm³/mol. The van der Waals surface area contributed by atoms with Crippen LogP contribution >= 0.6 is 0 Å². The molecule has 2 rings (SSSR count). The van der Waals surface area contributed by atoms with Gasteiger partial charge in [-0.3, -0.25) is 9.69 Å². The van der Waals surface area contributed by atoms with Gasteiger partial charge in [0.25, 0.3) is 0 Å². The molecule has 1 aliphatic rings. The number of nitrogens with one attached hydrogen (secondary N) is 1. The van der Waals surface area contributed by atoms with Gasteiger partial charge in [0.1, 0.15) is 4.90 Å². The lowest BCUT2D eigenvalue weighted by Gasteiger charge is -2.21. The molecule has 118 valence electrons. The van der Waals surface area contributed by atoms with Crippen LogP contribution in [-0.2, 0) is 14.8 Å². The van der Waals surface area contributed by atoms with Crippen LogP contribution in [0.1, 0.15) is 6.42 Å². The molecule has 0 aliphatic carbocycles. The number of hydrogen-bond acceptors (Lipinski definition) is 5. The van der Waals surface area contributed by atoms with Crippen molar-refractivity contribution in [2.24, 2.45) is 0 Å². The zero-order valence-electron chi connectivity index (χ0n) is 12.1. The van der Waals surface area contributed by atoms with Crippen molar-refractivity contribution in [3.8, 4) is 0 Å². The summed E-state index contributed by atoms with van der Waals surface area (Å²) in [7, 11) is -2.08. The minimum Gasteiger partial charge on any atom is -0.383 e. The smallest absolute Gasteiger partial charge is 0.248 e. The molecule has 0 bridgehead atoms. The van der Waals surface area contributed by atoms with Crippen LogP contribution in [0.15, 0.2) is 28.2 Å². The molecular weight excluding hydrogens is 294 g/mol. The number of hydrogen-bond donors (Lipinski definition) is 1. The second-order valence-electron chi connectivity index (χ2n) is 4.96. The van der Waals surface area contributed by atoms with Gasteiger partial charge >= 0.3 is 0 Å². The third-order valence-corrected chi connectivity index (χ3v) is 5.48. The van der Waals surface area contributed by atoms with Gasteiger partial charge in [-0.15, -0.1) is 0 Å². The van der Waals surface area contributed by atoms with Gasteiger partial charge in [-0.05, 0) is 13.0 Å². The Morgan fingerprint density at radius 1 is 1.29 bits per heavy atom. The standard InChI is InChI=1S/C13H21N3O4S/c1-20-10-9-15-5-2-6-16(8-7-15)21(18,19)13-11-14-4-3-12(13)17/h3-4,11H,2,5-10H2,1H3,(H,14,17). The molecule has 1 N–H and O–H groups in total. The molecule has 0 atom stereocenters. The number of methoxy groups -OCH3 is 1. The molecule has 1 aliphatic heterocycles. The van der Waals surface area contributed by atoms with Crippen LogP contribution in [0.25, 0.3) is 0 Å². The third kappa shape index (κ3) is 3.91. The van der Waals surface area contributed by atoms with Crippen LogP contribution in [0.5, 0.6) is 0 Å². The van der Waals surface area contributed by atoms with E-state index in [4.69, 9.17) is 4.74 Å². The molecule has 1 saturated heterocycles. The van der Waals surface area contributed by atoms with E-state index in [0.717, 1.165) is 19.5 Å². The van der Waals surface area contributed by atoms with E-state index in [9.17, 15) is 13.2 Å². The molecule has 1 aromatic heterocycles. The average molecular weight is 315 g/mol. The van der Waals surface area contributed by atoms with Gasteiger partial charge in [-0.25, -0.2) is 8.42 Å². The first-order valence-corrected chi connectivity index (χ1v) is 8.38. The first kappa shape index (κ1) is 16.2. The Bertz CT molecular complexity index is 614. The van der Waals surface area contributed by atoms with E-state index < -0.39 is 15.5 Å². The summed E-state index contributed by atoms with van der Waals surface area (Å²) in [6.45, 7) is 3.72. The molecule has 2 heterocycles. The van der Waals surface area contributed by atoms with Crippen molar-refractivity contribution in [1.82, 2.24) is 14.2 Å². The van der Waals surface area contributed by atoms with E-state index in [1.54, 1.807) is 7.11 Å². The summed E-state index contributed by atoms with van der Waals surface area (Å²) in [6.07, 6.45) is 3.43. The van der Waals surface area contributed by atoms with E-state index >= 15 is 0 Å². The SMILES string of the molecule is COCCN1CCCN(S(=O)(=O)c2c[nH]ccc2=O)CC1. The quantitative estimate of drug-likeness (QED) is 0.808. The van der Waals surface area contributed by atoms with Crippen LogP contribution in [0.2, 0.25) is 0 Å². The fraction of sp³-hybridized carbons (Fsp3) is 0.615. The topological polar surface area (TPSA) is 82.7 Å². The molecule has 0 amide bonds. The van der Waals surface area contributed by atoms with Crippen molar-refractivity contribution in [3.05, 3.63) is 28.7 Å². The molecule has 0 saturated carbocycles. The van der Waals surface area contributed by atoms with Crippen LogP contribution in [0.3, 0.4) is 0 Å². The average Bonchev–Trinajstić information content (AvgIpc) is 2.71. The monoisotopic (exact) mass is 315 g/mol. The van der Waals surface area contributed by atoms with Gasteiger partial charge < -0.3 is 9.72 Å². The van der Waals surface area contributed by atoms with Gasteiger partial charge in [-0.2, -0.15) is 4.31 Å². The highest BCUT2D eigenvalue weighted by Crippen LogP contribution is 2.14. The predicted octanol–water partition coefficient (Wildman–Crippen LogP) is -0.282. The van der Waals surface area contributed by atoms with Crippen molar-refractivity contribution >= 4 is 10.0 Å². The van der Waals surface area contributed by atoms with E-state index in [0.29, 0.717) is 26.2 Å². The van der Waals surface area contributed by atoms with Gasteiger partial charge in [0.15, 0.2) is 0 Å². The van der Waals surface area contributed by atoms with Crippen molar-refractivity contribution in [1.29, 1.82) is 0 Å². The minimum atomic E-state index is -3.73. The number of aromatic amines is 1. The molecule has 1 fully saturated rings. The Kier molecular flexibility index (Phi) is 5.51. The molecule has 1 aromatic rings. The highest BCUT2D eigenvalue weighted by atomic mass is 32.2. The number of sulfonamides is 1. The Hall–Kier alpha value is -1.22. The molecule has 0 radical (unpaired) electrons. The first-order chi connectivity index (χ1) is 10.1. The highest BCUT2D eigenvalue weighted by Gasteiger charge is 2.28. The fourth-order valence-corrected chi connectivity index (χ4v) is 3.88. The number of H-pyrrole nitrogens is 1. The van der Waals surface area contributed by atoms with Crippen LogP contribution in [0, 0.1) is 0 Å². The maximum absolute atomic E-state index is 12.5. The maximum Gasteiger partial charge on any atom is 0.248 e. The summed E-state index contributed by atoms with van der Waals surface area (Å²) in [5, 5.41) is 0.